The van der Waals surface area contributed by atoms with Crippen molar-refractivity contribution in [2.75, 3.05) is 24.5 Å². The number of methoxy groups -OCH3 is 1. The number of carbonyl (C=O) groups is 1. The summed E-state index contributed by atoms with van der Waals surface area (Å²) in [4.78, 5) is 15.8. The van der Waals surface area contributed by atoms with E-state index in [0.29, 0.717) is 18.8 Å². The molecule has 174 valence electrons. The van der Waals surface area contributed by atoms with Gasteiger partial charge in [0.25, 0.3) is 0 Å². The molecule has 1 atom stereocenters. The molecule has 0 saturated carbocycles. The minimum absolute atomic E-state index is 0.210. The van der Waals surface area contributed by atoms with Crippen LogP contribution in [0, 0.1) is 0 Å². The van der Waals surface area contributed by atoms with Gasteiger partial charge >= 0.3 is 5.97 Å². The minimum atomic E-state index is -2.74. The molecule has 0 aliphatic carbocycles. The molecule has 0 bridgehead atoms. The predicted molar refractivity (Wildman–Crippen MR) is 129 cm³/mol. The van der Waals surface area contributed by atoms with Crippen molar-refractivity contribution in [1.82, 2.24) is 4.90 Å². The molecule has 1 aliphatic heterocycles. The smallest absolute Gasteiger partial charge is 0.330 e. The van der Waals surface area contributed by atoms with E-state index in [2.05, 4.69) is 4.90 Å². The molecule has 1 unspecified atom stereocenters. The van der Waals surface area contributed by atoms with E-state index in [0.717, 1.165) is 27.7 Å². The van der Waals surface area contributed by atoms with Crippen molar-refractivity contribution < 1.29 is 23.4 Å². The molecule has 1 N–H and O–H groups in total. The van der Waals surface area contributed by atoms with Crippen molar-refractivity contribution >= 4 is 34.3 Å². The number of ether oxygens (including phenoxy) is 1. The van der Waals surface area contributed by atoms with Gasteiger partial charge in [0.15, 0.2) is 5.54 Å². The molecule has 1 fully saturated rings. The maximum Gasteiger partial charge on any atom is 0.330 e. The second kappa shape index (κ2) is 10.0. The highest BCUT2D eigenvalue weighted by Crippen LogP contribution is 2.36. The van der Waals surface area contributed by atoms with E-state index in [4.69, 9.17) is 4.74 Å². The Morgan fingerprint density at radius 2 is 1.73 bits per heavy atom. The first-order valence-electron chi connectivity index (χ1n) is 10.6. The first-order chi connectivity index (χ1) is 15.9. The van der Waals surface area contributed by atoms with Gasteiger partial charge in [-0.3, -0.25) is 13.4 Å². The summed E-state index contributed by atoms with van der Waals surface area (Å²) in [5, 5.41) is 12.2. The van der Waals surface area contributed by atoms with E-state index in [1.165, 1.54) is 4.88 Å². The number of carboxylic acids is 1. The molecule has 3 aromatic rings. The molecule has 4 rings (SSSR count). The van der Waals surface area contributed by atoms with Gasteiger partial charge in [0, 0.05) is 41.5 Å². The van der Waals surface area contributed by atoms with Crippen LogP contribution in [0.25, 0.3) is 11.1 Å². The standard InChI is InChI=1S/C24H26N2O5S2/c1-31-21-10-6-19(7-11-21)18-4-8-20(9-5-18)26(33(29)30)24(23(27)28)12-14-25(15-13-24)17-22-3-2-16-32-22/h2-11,16H,12-15,17H2,1H3,(H,27,28)(H,29,30)/p-1. The molecule has 0 radical (unpaired) electrons. The van der Waals surface area contributed by atoms with Crippen molar-refractivity contribution in [2.24, 2.45) is 0 Å². The number of nitrogens with zero attached hydrogens (tertiary/aromatic N) is 2. The Balaban J connectivity index is 1.56. The molecule has 1 saturated heterocycles. The lowest BCUT2D eigenvalue weighted by molar-refractivity contribution is -0.144. The molecule has 0 spiro atoms. The number of likely N-dealkylation sites (tertiary alicyclic amines) is 1. The fraction of sp³-hybridized carbons (Fsp3) is 0.292. The Morgan fingerprint density at radius 1 is 1.12 bits per heavy atom. The van der Waals surface area contributed by atoms with Gasteiger partial charge in [0.1, 0.15) is 5.75 Å². The van der Waals surface area contributed by atoms with E-state index in [9.17, 15) is 18.7 Å². The van der Waals surface area contributed by atoms with Gasteiger partial charge in [-0.1, -0.05) is 30.3 Å². The lowest BCUT2D eigenvalue weighted by Crippen LogP contribution is -2.60. The monoisotopic (exact) mass is 485 g/mol. The number of hydrogen-bond donors (Lipinski definition) is 1. The molecule has 0 amide bonds. The third kappa shape index (κ3) is 4.96. The van der Waals surface area contributed by atoms with E-state index in [1.54, 1.807) is 42.7 Å². The maximum atomic E-state index is 12.4. The Morgan fingerprint density at radius 3 is 2.21 bits per heavy atom. The van der Waals surface area contributed by atoms with E-state index < -0.39 is 22.8 Å². The summed E-state index contributed by atoms with van der Waals surface area (Å²) < 4.78 is 30.8. The number of rotatable bonds is 8. The Hall–Kier alpha value is -2.72. The highest BCUT2D eigenvalue weighted by molar-refractivity contribution is 7.80. The van der Waals surface area contributed by atoms with Crippen molar-refractivity contribution in [2.45, 2.75) is 24.9 Å². The van der Waals surface area contributed by atoms with Gasteiger partial charge in [0.05, 0.1) is 7.11 Å². The number of carboxylic acid groups (broad SMARTS) is 1. The molecule has 2 heterocycles. The lowest BCUT2D eigenvalue weighted by Gasteiger charge is -2.47. The van der Waals surface area contributed by atoms with Crippen LogP contribution in [-0.4, -0.2) is 50.5 Å². The van der Waals surface area contributed by atoms with E-state index in [1.807, 2.05) is 41.8 Å². The molecular formula is C24H25N2O5S2-. The normalized spacial score (nSPS) is 16.8. The van der Waals surface area contributed by atoms with Gasteiger partial charge in [-0.2, -0.15) is 0 Å². The van der Waals surface area contributed by atoms with Crippen LogP contribution >= 0.6 is 11.3 Å². The number of thiophene rings is 1. The number of piperidine rings is 1. The summed E-state index contributed by atoms with van der Waals surface area (Å²) in [6, 6.07) is 18.5. The van der Waals surface area contributed by atoms with Crippen LogP contribution in [0.3, 0.4) is 0 Å². The minimum Gasteiger partial charge on any atom is -0.755 e. The van der Waals surface area contributed by atoms with Crippen LogP contribution in [0.5, 0.6) is 5.75 Å². The first-order valence-corrected chi connectivity index (χ1v) is 12.5. The number of aliphatic carboxylic acids is 1. The fourth-order valence-corrected chi connectivity index (χ4v) is 5.84. The van der Waals surface area contributed by atoms with Crippen molar-refractivity contribution in [3.63, 3.8) is 0 Å². The third-order valence-electron chi connectivity index (χ3n) is 6.10. The topological polar surface area (TPSA) is 93.1 Å². The number of anilines is 1. The number of benzene rings is 2. The summed E-state index contributed by atoms with van der Waals surface area (Å²) in [6.07, 6.45) is 0.420. The maximum absolute atomic E-state index is 12.4. The van der Waals surface area contributed by atoms with Gasteiger partial charge < -0.3 is 14.4 Å². The molecule has 33 heavy (non-hydrogen) atoms. The van der Waals surface area contributed by atoms with Crippen LogP contribution in [0.4, 0.5) is 5.69 Å². The van der Waals surface area contributed by atoms with E-state index >= 15 is 0 Å². The summed E-state index contributed by atoms with van der Waals surface area (Å²) in [5.74, 6) is -0.376. The Bertz CT molecular complexity index is 1090. The second-order valence-corrected chi connectivity index (χ2v) is 9.81. The predicted octanol–water partition coefficient (Wildman–Crippen LogP) is 4.14. The van der Waals surface area contributed by atoms with Gasteiger partial charge in [-0.05, 0) is 59.7 Å². The summed E-state index contributed by atoms with van der Waals surface area (Å²) >= 11 is -1.08. The Kier molecular flexibility index (Phi) is 7.14. The molecular weight excluding hydrogens is 460 g/mol. The fourth-order valence-electron chi connectivity index (χ4n) is 4.26. The molecule has 9 heteroatoms. The zero-order chi connectivity index (χ0) is 23.4. The summed E-state index contributed by atoms with van der Waals surface area (Å²) in [7, 11) is 1.60. The number of hydrogen-bond acceptors (Lipinski definition) is 6. The van der Waals surface area contributed by atoms with Gasteiger partial charge in [0.2, 0.25) is 0 Å². The van der Waals surface area contributed by atoms with Crippen LogP contribution in [0.15, 0.2) is 66.0 Å². The average molecular weight is 486 g/mol. The molecule has 1 aromatic heterocycles. The van der Waals surface area contributed by atoms with Crippen molar-refractivity contribution in [3.8, 4) is 16.9 Å². The Labute approximate surface area is 199 Å². The third-order valence-corrected chi connectivity index (χ3v) is 7.82. The zero-order valence-electron chi connectivity index (χ0n) is 18.2. The second-order valence-electron chi connectivity index (χ2n) is 7.98. The zero-order valence-corrected chi connectivity index (χ0v) is 19.8. The summed E-state index contributed by atoms with van der Waals surface area (Å²) in [5.41, 5.74) is 0.676. The average Bonchev–Trinajstić information content (AvgIpc) is 3.34. The lowest BCUT2D eigenvalue weighted by atomic mass is 9.87. The highest BCUT2D eigenvalue weighted by Gasteiger charge is 2.47. The van der Waals surface area contributed by atoms with Crippen LogP contribution in [-0.2, 0) is 22.6 Å². The van der Waals surface area contributed by atoms with E-state index in [-0.39, 0.29) is 12.8 Å². The van der Waals surface area contributed by atoms with Crippen LogP contribution in [0.1, 0.15) is 17.7 Å². The van der Waals surface area contributed by atoms with Gasteiger partial charge in [-0.25, -0.2) is 4.79 Å². The SMILES string of the molecule is COc1ccc(-c2ccc(N(S(=O)[O-])C3(C(=O)O)CCN(Cc4cccs4)CC3)cc2)cc1. The van der Waals surface area contributed by atoms with Gasteiger partial charge in [-0.15, -0.1) is 11.3 Å². The first kappa shape index (κ1) is 23.4. The molecule has 1 aliphatic rings. The van der Waals surface area contributed by atoms with Crippen molar-refractivity contribution in [3.05, 3.63) is 70.9 Å². The van der Waals surface area contributed by atoms with Crippen LogP contribution < -0.4 is 9.04 Å². The van der Waals surface area contributed by atoms with Crippen molar-refractivity contribution in [1.29, 1.82) is 0 Å². The molecule has 2 aromatic carbocycles. The van der Waals surface area contributed by atoms with Crippen LogP contribution in [0.2, 0.25) is 0 Å². The largest absolute Gasteiger partial charge is 0.755 e. The quantitative estimate of drug-likeness (QED) is 0.482. The summed E-state index contributed by atoms with van der Waals surface area (Å²) in [6.45, 7) is 1.74. The molecule has 7 nitrogen and oxygen atoms in total. The highest BCUT2D eigenvalue weighted by atomic mass is 32.2.